The average molecular weight is 209 g/mol. The maximum absolute atomic E-state index is 11.4. The summed E-state index contributed by atoms with van der Waals surface area (Å²) in [7, 11) is 0. The molecule has 0 aliphatic heterocycles. The summed E-state index contributed by atoms with van der Waals surface area (Å²) in [6.45, 7) is 5.60. The van der Waals surface area contributed by atoms with Gasteiger partial charge >= 0.3 is 6.09 Å². The van der Waals surface area contributed by atoms with Crippen LogP contribution in [-0.4, -0.2) is 16.6 Å². The smallest absolute Gasteiger partial charge is 0.408 e. The molecule has 3 N–H and O–H groups in total. The van der Waals surface area contributed by atoms with E-state index in [1.807, 2.05) is 20.8 Å². The lowest BCUT2D eigenvalue weighted by Gasteiger charge is -2.19. The standard InChI is InChI=1S/C10H15N3O2/c1-10(2,3)13-9(14)15-8-4-5-12-6-7(8)11/h4-6H,11H2,1-3H3,(H,13,14). The van der Waals surface area contributed by atoms with Crippen molar-refractivity contribution in [3.63, 3.8) is 0 Å². The van der Waals surface area contributed by atoms with Crippen molar-refractivity contribution in [3.8, 4) is 5.75 Å². The molecule has 0 saturated heterocycles. The Morgan fingerprint density at radius 2 is 2.20 bits per heavy atom. The summed E-state index contributed by atoms with van der Waals surface area (Å²) in [5.41, 5.74) is 5.57. The number of carbonyl (C=O) groups excluding carboxylic acids is 1. The highest BCUT2D eigenvalue weighted by molar-refractivity contribution is 5.73. The van der Waals surface area contributed by atoms with Crippen molar-refractivity contribution in [2.45, 2.75) is 26.3 Å². The van der Waals surface area contributed by atoms with Gasteiger partial charge < -0.3 is 15.8 Å². The van der Waals surface area contributed by atoms with E-state index < -0.39 is 6.09 Å². The number of anilines is 1. The van der Waals surface area contributed by atoms with Crippen LogP contribution in [0.25, 0.3) is 0 Å². The fourth-order valence-corrected chi connectivity index (χ4v) is 0.918. The van der Waals surface area contributed by atoms with Crippen molar-refractivity contribution < 1.29 is 9.53 Å². The number of ether oxygens (including phenoxy) is 1. The maximum Gasteiger partial charge on any atom is 0.413 e. The van der Waals surface area contributed by atoms with Gasteiger partial charge in [0, 0.05) is 17.8 Å². The maximum atomic E-state index is 11.4. The Morgan fingerprint density at radius 3 is 2.73 bits per heavy atom. The molecule has 0 aromatic carbocycles. The summed E-state index contributed by atoms with van der Waals surface area (Å²) < 4.78 is 5.01. The molecule has 0 radical (unpaired) electrons. The van der Waals surface area contributed by atoms with Gasteiger partial charge in [0.25, 0.3) is 0 Å². The minimum Gasteiger partial charge on any atom is -0.408 e. The van der Waals surface area contributed by atoms with Crippen LogP contribution in [0.3, 0.4) is 0 Å². The predicted molar refractivity (Wildman–Crippen MR) is 57.6 cm³/mol. The third-order valence-corrected chi connectivity index (χ3v) is 1.49. The van der Waals surface area contributed by atoms with Gasteiger partial charge in [0.15, 0.2) is 5.75 Å². The van der Waals surface area contributed by atoms with E-state index in [4.69, 9.17) is 10.5 Å². The van der Waals surface area contributed by atoms with Crippen molar-refractivity contribution in [3.05, 3.63) is 18.5 Å². The molecule has 5 heteroatoms. The zero-order valence-corrected chi connectivity index (χ0v) is 9.07. The van der Waals surface area contributed by atoms with E-state index in [9.17, 15) is 4.79 Å². The Bertz CT molecular complexity index is 358. The summed E-state index contributed by atoms with van der Waals surface area (Å²) in [5, 5.41) is 2.66. The van der Waals surface area contributed by atoms with E-state index in [1.54, 1.807) is 0 Å². The van der Waals surface area contributed by atoms with Crippen molar-refractivity contribution in [1.29, 1.82) is 0 Å². The molecule has 1 amide bonds. The number of pyridine rings is 1. The number of nitrogens with one attached hydrogen (secondary N) is 1. The molecule has 0 aliphatic carbocycles. The van der Waals surface area contributed by atoms with Crippen LogP contribution >= 0.6 is 0 Å². The molecular formula is C10H15N3O2. The van der Waals surface area contributed by atoms with Crippen molar-refractivity contribution in [2.24, 2.45) is 0 Å². The number of nitrogens with zero attached hydrogens (tertiary/aromatic N) is 1. The number of nitrogen functional groups attached to an aromatic ring is 1. The molecule has 0 unspecified atom stereocenters. The van der Waals surface area contributed by atoms with E-state index in [1.165, 1.54) is 18.5 Å². The zero-order chi connectivity index (χ0) is 11.5. The monoisotopic (exact) mass is 209 g/mol. The first-order valence-corrected chi connectivity index (χ1v) is 4.58. The second kappa shape index (κ2) is 4.16. The molecule has 0 aliphatic rings. The molecule has 0 bridgehead atoms. The minimum atomic E-state index is -0.527. The van der Waals surface area contributed by atoms with Crippen LogP contribution in [-0.2, 0) is 0 Å². The third kappa shape index (κ3) is 3.84. The van der Waals surface area contributed by atoms with Crippen LogP contribution in [0.15, 0.2) is 18.5 Å². The van der Waals surface area contributed by atoms with Gasteiger partial charge in [0.1, 0.15) is 0 Å². The Kier molecular flexibility index (Phi) is 3.14. The summed E-state index contributed by atoms with van der Waals surface area (Å²) in [6, 6.07) is 1.54. The first-order valence-electron chi connectivity index (χ1n) is 4.58. The summed E-state index contributed by atoms with van der Waals surface area (Å²) in [4.78, 5) is 15.2. The fraction of sp³-hybridized carbons (Fsp3) is 0.400. The van der Waals surface area contributed by atoms with Crippen LogP contribution in [0, 0.1) is 0 Å². The number of nitrogens with two attached hydrogens (primary N) is 1. The van der Waals surface area contributed by atoms with Gasteiger partial charge in [-0.15, -0.1) is 0 Å². The SMILES string of the molecule is CC(C)(C)NC(=O)Oc1ccncc1N. The topological polar surface area (TPSA) is 77.2 Å². The van der Waals surface area contributed by atoms with Gasteiger partial charge in [-0.25, -0.2) is 4.79 Å². The summed E-state index contributed by atoms with van der Waals surface area (Å²) in [6.07, 6.45) is 2.41. The molecule has 1 aromatic heterocycles. The average Bonchev–Trinajstić information content (AvgIpc) is 2.05. The molecule has 0 spiro atoms. The quantitative estimate of drug-likeness (QED) is 0.735. The normalized spacial score (nSPS) is 10.9. The number of amides is 1. The Balaban J connectivity index is 2.64. The van der Waals surface area contributed by atoms with Gasteiger partial charge in [-0.05, 0) is 20.8 Å². The second-order valence-corrected chi connectivity index (χ2v) is 4.18. The van der Waals surface area contributed by atoms with E-state index >= 15 is 0 Å². The molecule has 1 rings (SSSR count). The Labute approximate surface area is 88.6 Å². The van der Waals surface area contributed by atoms with Crippen LogP contribution < -0.4 is 15.8 Å². The van der Waals surface area contributed by atoms with Gasteiger partial charge in [0.2, 0.25) is 0 Å². The Hall–Kier alpha value is -1.78. The van der Waals surface area contributed by atoms with Gasteiger partial charge in [0.05, 0.1) is 11.9 Å². The molecule has 5 nitrogen and oxygen atoms in total. The van der Waals surface area contributed by atoms with E-state index in [0.717, 1.165) is 0 Å². The second-order valence-electron chi connectivity index (χ2n) is 4.18. The molecule has 0 fully saturated rings. The highest BCUT2D eigenvalue weighted by atomic mass is 16.6. The van der Waals surface area contributed by atoms with Crippen molar-refractivity contribution in [2.75, 3.05) is 5.73 Å². The fourth-order valence-electron chi connectivity index (χ4n) is 0.918. The highest BCUT2D eigenvalue weighted by Crippen LogP contribution is 2.18. The Morgan fingerprint density at radius 1 is 1.53 bits per heavy atom. The molecule has 82 valence electrons. The first kappa shape index (κ1) is 11.3. The number of hydrogen-bond donors (Lipinski definition) is 2. The molecule has 0 saturated carbocycles. The minimum absolute atomic E-state index is 0.312. The van der Waals surface area contributed by atoms with E-state index in [0.29, 0.717) is 11.4 Å². The zero-order valence-electron chi connectivity index (χ0n) is 9.07. The lowest BCUT2D eigenvalue weighted by molar-refractivity contribution is 0.191. The number of rotatable bonds is 1. The predicted octanol–water partition coefficient (Wildman–Crippen LogP) is 1.55. The lowest BCUT2D eigenvalue weighted by Crippen LogP contribution is -2.42. The van der Waals surface area contributed by atoms with Gasteiger partial charge in [-0.2, -0.15) is 0 Å². The number of hydrogen-bond acceptors (Lipinski definition) is 4. The van der Waals surface area contributed by atoms with Crippen LogP contribution in [0.4, 0.5) is 10.5 Å². The van der Waals surface area contributed by atoms with Crippen molar-refractivity contribution >= 4 is 11.8 Å². The molecule has 1 aromatic rings. The molecule has 1 heterocycles. The summed E-state index contributed by atoms with van der Waals surface area (Å²) in [5.74, 6) is 0.312. The third-order valence-electron chi connectivity index (χ3n) is 1.49. The lowest BCUT2D eigenvalue weighted by atomic mass is 10.1. The van der Waals surface area contributed by atoms with E-state index in [-0.39, 0.29) is 5.54 Å². The van der Waals surface area contributed by atoms with Gasteiger partial charge in [-0.1, -0.05) is 0 Å². The highest BCUT2D eigenvalue weighted by Gasteiger charge is 2.15. The van der Waals surface area contributed by atoms with E-state index in [2.05, 4.69) is 10.3 Å². The van der Waals surface area contributed by atoms with Crippen LogP contribution in [0.5, 0.6) is 5.75 Å². The van der Waals surface area contributed by atoms with Crippen LogP contribution in [0.2, 0.25) is 0 Å². The molecule has 0 atom stereocenters. The summed E-state index contributed by atoms with van der Waals surface area (Å²) >= 11 is 0. The van der Waals surface area contributed by atoms with Gasteiger partial charge in [-0.3, -0.25) is 4.98 Å². The largest absolute Gasteiger partial charge is 0.413 e. The number of aromatic nitrogens is 1. The van der Waals surface area contributed by atoms with Crippen LogP contribution in [0.1, 0.15) is 20.8 Å². The molecule has 15 heavy (non-hydrogen) atoms. The first-order chi connectivity index (χ1) is 6.88. The molecular weight excluding hydrogens is 194 g/mol. The number of carbonyl (C=O) groups is 1. The van der Waals surface area contributed by atoms with Crippen molar-refractivity contribution in [1.82, 2.24) is 10.3 Å².